The molecule has 0 saturated carbocycles. The molecule has 0 amide bonds. The lowest BCUT2D eigenvalue weighted by Crippen LogP contribution is -2.15. The van der Waals surface area contributed by atoms with Crippen molar-refractivity contribution in [3.05, 3.63) is 57.1 Å². The van der Waals surface area contributed by atoms with E-state index >= 15 is 0 Å². The van der Waals surface area contributed by atoms with E-state index in [-0.39, 0.29) is 22.6 Å². The number of phenols is 2. The van der Waals surface area contributed by atoms with E-state index < -0.39 is 0 Å². The standard InChI is InChI=1S/C18H16N2O4S2/c21-11-3-5-15-13(9-11)17(23)19(25-15)7-1-2-8-20-18(24)14-10-12(22)4-6-16(14)26-20/h3-6,9-10,21-22H,1-2,7-8H2. The Balaban J connectivity index is 1.44. The van der Waals surface area contributed by atoms with Crippen molar-refractivity contribution in [2.24, 2.45) is 0 Å². The van der Waals surface area contributed by atoms with Gasteiger partial charge in [-0.1, -0.05) is 23.1 Å². The first kappa shape index (κ1) is 16.9. The molecule has 2 heterocycles. The maximum atomic E-state index is 12.3. The molecule has 0 radical (unpaired) electrons. The number of fused-ring (bicyclic) bond motifs is 2. The molecule has 0 bridgehead atoms. The Morgan fingerprint density at radius 3 is 1.58 bits per heavy atom. The van der Waals surface area contributed by atoms with Gasteiger partial charge >= 0.3 is 0 Å². The lowest BCUT2D eigenvalue weighted by molar-refractivity contribution is 0.475. The van der Waals surface area contributed by atoms with Gasteiger partial charge in [0.25, 0.3) is 11.1 Å². The Bertz CT molecular complexity index is 1120. The van der Waals surface area contributed by atoms with Crippen molar-refractivity contribution in [2.45, 2.75) is 25.9 Å². The van der Waals surface area contributed by atoms with Gasteiger partial charge in [0, 0.05) is 13.1 Å². The summed E-state index contributed by atoms with van der Waals surface area (Å²) in [5, 5.41) is 20.1. The number of unbranched alkanes of at least 4 members (excludes halogenated alkanes) is 1. The number of aromatic nitrogens is 2. The average molecular weight is 388 g/mol. The van der Waals surface area contributed by atoms with Crippen LogP contribution in [0.5, 0.6) is 11.5 Å². The van der Waals surface area contributed by atoms with Gasteiger partial charge in [0.15, 0.2) is 0 Å². The monoisotopic (exact) mass is 388 g/mol. The van der Waals surface area contributed by atoms with Crippen LogP contribution in [0.25, 0.3) is 20.2 Å². The molecule has 26 heavy (non-hydrogen) atoms. The van der Waals surface area contributed by atoms with Gasteiger partial charge in [-0.05, 0) is 49.2 Å². The maximum Gasteiger partial charge on any atom is 0.268 e. The maximum absolute atomic E-state index is 12.3. The van der Waals surface area contributed by atoms with Crippen molar-refractivity contribution in [1.82, 2.24) is 7.91 Å². The molecule has 2 aromatic heterocycles. The molecule has 0 aliphatic heterocycles. The molecule has 134 valence electrons. The van der Waals surface area contributed by atoms with Crippen LogP contribution in [-0.2, 0) is 13.1 Å². The van der Waals surface area contributed by atoms with Crippen molar-refractivity contribution in [1.29, 1.82) is 0 Å². The van der Waals surface area contributed by atoms with Crippen LogP contribution in [0.2, 0.25) is 0 Å². The van der Waals surface area contributed by atoms with E-state index in [0.717, 1.165) is 22.2 Å². The second-order valence-electron chi connectivity index (χ2n) is 6.07. The Kier molecular flexibility index (Phi) is 4.29. The molecule has 4 rings (SSSR count). The second kappa shape index (κ2) is 6.62. The normalized spacial score (nSPS) is 11.5. The minimum atomic E-state index is -0.0876. The molecular formula is C18H16N2O4S2. The summed E-state index contributed by atoms with van der Waals surface area (Å²) in [6, 6.07) is 9.65. The highest BCUT2D eigenvalue weighted by Crippen LogP contribution is 2.23. The molecule has 0 aliphatic carbocycles. The lowest BCUT2D eigenvalue weighted by Gasteiger charge is -2.01. The third kappa shape index (κ3) is 3.02. The smallest absolute Gasteiger partial charge is 0.268 e. The van der Waals surface area contributed by atoms with Crippen LogP contribution >= 0.6 is 23.1 Å². The molecule has 0 atom stereocenters. The summed E-state index contributed by atoms with van der Waals surface area (Å²) < 4.78 is 5.09. The van der Waals surface area contributed by atoms with Gasteiger partial charge in [0.05, 0.1) is 20.2 Å². The number of phenolic OH excluding ortho intramolecular Hbond substituents is 2. The SMILES string of the molecule is O=c1c2cc(O)ccc2sn1CCCCn1sc2ccc(O)cc2c1=O. The summed E-state index contributed by atoms with van der Waals surface area (Å²) >= 11 is 2.77. The van der Waals surface area contributed by atoms with Crippen molar-refractivity contribution in [3.63, 3.8) is 0 Å². The highest BCUT2D eigenvalue weighted by Gasteiger charge is 2.10. The van der Waals surface area contributed by atoms with E-state index in [2.05, 4.69) is 0 Å². The van der Waals surface area contributed by atoms with Gasteiger partial charge < -0.3 is 10.2 Å². The summed E-state index contributed by atoms with van der Waals surface area (Å²) in [5.41, 5.74) is -0.175. The summed E-state index contributed by atoms with van der Waals surface area (Å²) in [7, 11) is 0. The number of hydrogen-bond acceptors (Lipinski definition) is 6. The fourth-order valence-electron chi connectivity index (χ4n) is 2.92. The predicted octanol–water partition coefficient (Wildman–Crippen LogP) is 3.33. The molecule has 0 spiro atoms. The zero-order chi connectivity index (χ0) is 18.3. The van der Waals surface area contributed by atoms with E-state index in [1.54, 1.807) is 32.2 Å². The molecule has 8 heteroatoms. The number of benzene rings is 2. The van der Waals surface area contributed by atoms with Gasteiger partial charge in [-0.3, -0.25) is 17.5 Å². The Hall–Kier alpha value is -2.58. The lowest BCUT2D eigenvalue weighted by atomic mass is 10.2. The van der Waals surface area contributed by atoms with E-state index in [1.807, 2.05) is 0 Å². The van der Waals surface area contributed by atoms with E-state index in [4.69, 9.17) is 0 Å². The molecule has 2 N–H and O–H groups in total. The first-order valence-electron chi connectivity index (χ1n) is 8.18. The Morgan fingerprint density at radius 1 is 0.731 bits per heavy atom. The van der Waals surface area contributed by atoms with E-state index in [0.29, 0.717) is 23.9 Å². The number of hydrogen-bond donors (Lipinski definition) is 2. The summed E-state index contributed by atoms with van der Waals surface area (Å²) in [4.78, 5) is 24.7. The van der Waals surface area contributed by atoms with Crippen LogP contribution in [0.15, 0.2) is 46.0 Å². The van der Waals surface area contributed by atoms with Gasteiger partial charge in [-0.2, -0.15) is 0 Å². The molecular weight excluding hydrogens is 372 g/mol. The van der Waals surface area contributed by atoms with E-state index in [1.165, 1.54) is 35.2 Å². The Labute approximate surface area is 156 Å². The predicted molar refractivity (Wildman–Crippen MR) is 105 cm³/mol. The highest BCUT2D eigenvalue weighted by molar-refractivity contribution is 7.14. The minimum Gasteiger partial charge on any atom is -0.508 e. The molecule has 0 unspecified atom stereocenters. The summed E-state index contributed by atoms with van der Waals surface area (Å²) in [6.07, 6.45) is 1.54. The third-order valence-corrected chi connectivity index (χ3v) is 6.47. The molecule has 2 aromatic carbocycles. The largest absolute Gasteiger partial charge is 0.508 e. The molecule has 0 fully saturated rings. The molecule has 6 nitrogen and oxygen atoms in total. The van der Waals surface area contributed by atoms with Gasteiger partial charge in [0.1, 0.15) is 11.5 Å². The fourth-order valence-corrected chi connectivity index (χ4v) is 4.95. The van der Waals surface area contributed by atoms with Crippen molar-refractivity contribution in [2.75, 3.05) is 0 Å². The quantitative estimate of drug-likeness (QED) is 0.514. The molecule has 0 aliphatic rings. The minimum absolute atomic E-state index is 0.0876. The van der Waals surface area contributed by atoms with Crippen LogP contribution in [0.3, 0.4) is 0 Å². The zero-order valence-electron chi connectivity index (χ0n) is 13.7. The van der Waals surface area contributed by atoms with Crippen LogP contribution < -0.4 is 11.1 Å². The van der Waals surface area contributed by atoms with Gasteiger partial charge in [-0.25, -0.2) is 0 Å². The number of aromatic hydroxyl groups is 2. The van der Waals surface area contributed by atoms with Crippen molar-refractivity contribution < 1.29 is 10.2 Å². The third-order valence-electron chi connectivity index (χ3n) is 4.23. The van der Waals surface area contributed by atoms with Gasteiger partial charge in [-0.15, -0.1) is 0 Å². The van der Waals surface area contributed by atoms with Crippen molar-refractivity contribution >= 4 is 43.2 Å². The topological polar surface area (TPSA) is 84.5 Å². The number of rotatable bonds is 5. The highest BCUT2D eigenvalue weighted by atomic mass is 32.1. The van der Waals surface area contributed by atoms with E-state index in [9.17, 15) is 19.8 Å². The average Bonchev–Trinajstić information content (AvgIpc) is 3.10. The van der Waals surface area contributed by atoms with Gasteiger partial charge in [0.2, 0.25) is 0 Å². The van der Waals surface area contributed by atoms with Crippen LogP contribution in [-0.4, -0.2) is 18.1 Å². The second-order valence-corrected chi connectivity index (χ2v) is 8.19. The molecule has 4 aromatic rings. The summed E-state index contributed by atoms with van der Waals surface area (Å²) in [6.45, 7) is 1.17. The number of nitrogens with zero attached hydrogens (tertiary/aromatic N) is 2. The fraction of sp³-hybridized carbons (Fsp3) is 0.222. The van der Waals surface area contributed by atoms with Crippen LogP contribution in [0.1, 0.15) is 12.8 Å². The first-order chi connectivity index (χ1) is 12.5. The zero-order valence-corrected chi connectivity index (χ0v) is 15.3. The molecule has 0 saturated heterocycles. The van der Waals surface area contributed by atoms with Crippen molar-refractivity contribution in [3.8, 4) is 11.5 Å². The first-order valence-corrected chi connectivity index (χ1v) is 9.73. The Morgan fingerprint density at radius 2 is 1.15 bits per heavy atom. The van der Waals surface area contributed by atoms with Crippen LogP contribution in [0.4, 0.5) is 0 Å². The van der Waals surface area contributed by atoms with Crippen LogP contribution in [0, 0.1) is 0 Å². The number of aryl methyl sites for hydroxylation is 2. The summed E-state index contributed by atoms with van der Waals surface area (Å²) in [5.74, 6) is 0.185.